The Morgan fingerprint density at radius 2 is 1.07 bits per heavy atom. The zero-order valence-corrected chi connectivity index (χ0v) is 30.7. The van der Waals surface area contributed by atoms with Crippen molar-refractivity contribution in [3.8, 4) is 16.8 Å². The van der Waals surface area contributed by atoms with Crippen LogP contribution in [0, 0.1) is 23.7 Å². The van der Waals surface area contributed by atoms with Gasteiger partial charge in [0.05, 0.1) is 22.4 Å². The van der Waals surface area contributed by atoms with E-state index in [9.17, 15) is 0 Å². The van der Waals surface area contributed by atoms with Gasteiger partial charge in [-0.2, -0.15) is 0 Å². The van der Waals surface area contributed by atoms with Crippen LogP contribution in [0.3, 0.4) is 0 Å². The number of aromatic nitrogens is 1. The summed E-state index contributed by atoms with van der Waals surface area (Å²) in [5.74, 6) is 3.29. The van der Waals surface area contributed by atoms with Gasteiger partial charge < -0.3 is 13.9 Å². The molecule has 4 bridgehead atoms. The van der Waals surface area contributed by atoms with Gasteiger partial charge in [-0.3, -0.25) is 0 Å². The van der Waals surface area contributed by atoms with Gasteiger partial charge in [-0.25, -0.2) is 0 Å². The molecule has 264 valence electrons. The number of anilines is 3. The molecule has 0 radical (unpaired) electrons. The predicted octanol–water partition coefficient (Wildman–Crippen LogP) is 13.9. The first-order valence-electron chi connectivity index (χ1n) is 20.3. The van der Waals surface area contributed by atoms with Crippen molar-refractivity contribution < 1.29 is 4.42 Å². The summed E-state index contributed by atoms with van der Waals surface area (Å²) in [6.07, 6.45) is 6.99. The molecule has 55 heavy (non-hydrogen) atoms. The summed E-state index contributed by atoms with van der Waals surface area (Å²) < 4.78 is 9.18. The first-order chi connectivity index (χ1) is 27.2. The third-order valence-corrected chi connectivity index (χ3v) is 14.3. The van der Waals surface area contributed by atoms with Crippen LogP contribution in [0.2, 0.25) is 0 Å². The standard InChI is InChI=1S/C52H40N2O/c1-5-19-46-40(13-1)41-14-2-6-20-47(41)53(46)38-23-24-50-43(31-38)42-16-10-15-39(51(42)55-50)34-11-9-12-37(30-34)54-48-21-7-3-17-44(48)52(45-18-4-8-22-49(45)54)35-26-32-25-33(28-35)29-36(52)27-32/h1-24,30-33,35-36H,25-29H2. The number of benzene rings is 7. The molecule has 14 rings (SSSR count). The Hall–Kier alpha value is -6.06. The topological polar surface area (TPSA) is 21.3 Å². The van der Waals surface area contributed by atoms with Crippen LogP contribution in [0.25, 0.3) is 60.6 Å². The molecule has 0 unspecified atom stereocenters. The number of rotatable bonds is 3. The van der Waals surface area contributed by atoms with Crippen LogP contribution in [-0.4, -0.2) is 4.57 Å². The van der Waals surface area contributed by atoms with E-state index in [1.54, 1.807) is 11.1 Å². The molecular weight excluding hydrogens is 669 g/mol. The Morgan fingerprint density at radius 3 is 1.76 bits per heavy atom. The van der Waals surface area contributed by atoms with Crippen molar-refractivity contribution in [2.45, 2.75) is 37.5 Å². The largest absolute Gasteiger partial charge is 0.455 e. The third kappa shape index (κ3) is 4.01. The fourth-order valence-corrected chi connectivity index (χ4v) is 12.6. The van der Waals surface area contributed by atoms with E-state index in [1.807, 2.05) is 0 Å². The van der Waals surface area contributed by atoms with Crippen molar-refractivity contribution in [2.24, 2.45) is 23.7 Å². The summed E-state index contributed by atoms with van der Waals surface area (Å²) in [4.78, 5) is 2.56. The number of furan rings is 1. The second-order valence-corrected chi connectivity index (χ2v) is 16.9. The number of hydrogen-bond acceptors (Lipinski definition) is 2. The quantitative estimate of drug-likeness (QED) is 0.182. The highest BCUT2D eigenvalue weighted by Crippen LogP contribution is 2.69. The smallest absolute Gasteiger partial charge is 0.143 e. The molecule has 1 spiro atoms. The van der Waals surface area contributed by atoms with Gasteiger partial charge in [-0.1, -0.05) is 103 Å². The fourth-order valence-electron chi connectivity index (χ4n) is 12.6. The van der Waals surface area contributed by atoms with Crippen LogP contribution in [0.1, 0.15) is 43.2 Å². The van der Waals surface area contributed by atoms with Gasteiger partial charge in [-0.15, -0.1) is 0 Å². The van der Waals surface area contributed by atoms with E-state index in [2.05, 4.69) is 167 Å². The molecule has 0 amide bonds. The first kappa shape index (κ1) is 30.3. The molecule has 4 fully saturated rings. The number of nitrogens with zero attached hydrogens (tertiary/aromatic N) is 2. The van der Waals surface area contributed by atoms with E-state index >= 15 is 0 Å². The fraction of sp³-hybridized carbons (Fsp3) is 0.192. The molecule has 3 nitrogen and oxygen atoms in total. The average Bonchev–Trinajstić information content (AvgIpc) is 3.77. The van der Waals surface area contributed by atoms with Gasteiger partial charge in [0.2, 0.25) is 0 Å². The minimum Gasteiger partial charge on any atom is -0.455 e. The molecule has 5 aliphatic rings. The van der Waals surface area contributed by atoms with E-state index in [0.29, 0.717) is 0 Å². The third-order valence-electron chi connectivity index (χ3n) is 14.3. The van der Waals surface area contributed by atoms with Crippen LogP contribution in [0.5, 0.6) is 0 Å². The summed E-state index contributed by atoms with van der Waals surface area (Å²) in [5.41, 5.74) is 14.8. The average molecular weight is 709 g/mol. The molecule has 9 aromatic rings. The Labute approximate surface area is 320 Å². The van der Waals surface area contributed by atoms with Crippen molar-refractivity contribution >= 4 is 60.8 Å². The lowest BCUT2D eigenvalue weighted by atomic mass is 9.41. The number of hydrogen-bond donors (Lipinski definition) is 0. The molecule has 1 aliphatic heterocycles. The number of para-hydroxylation sites is 5. The second-order valence-electron chi connectivity index (χ2n) is 16.9. The molecule has 3 heterocycles. The lowest BCUT2D eigenvalue weighted by Crippen LogP contribution is -2.57. The molecule has 0 atom stereocenters. The normalized spacial score (nSPS) is 21.9. The van der Waals surface area contributed by atoms with Crippen LogP contribution in [-0.2, 0) is 5.41 Å². The van der Waals surface area contributed by atoms with E-state index in [1.165, 1.54) is 71.0 Å². The van der Waals surface area contributed by atoms with Crippen molar-refractivity contribution in [3.05, 3.63) is 169 Å². The molecule has 0 saturated heterocycles. The molecule has 2 aromatic heterocycles. The maximum Gasteiger partial charge on any atom is 0.143 e. The highest BCUT2D eigenvalue weighted by Gasteiger charge is 2.61. The Kier molecular flexibility index (Phi) is 6.06. The Bertz CT molecular complexity index is 2900. The maximum absolute atomic E-state index is 6.79. The van der Waals surface area contributed by atoms with E-state index < -0.39 is 0 Å². The zero-order valence-electron chi connectivity index (χ0n) is 30.7. The van der Waals surface area contributed by atoms with Crippen molar-refractivity contribution in [3.63, 3.8) is 0 Å². The zero-order chi connectivity index (χ0) is 35.8. The lowest BCUT2D eigenvalue weighted by Gasteiger charge is -2.64. The van der Waals surface area contributed by atoms with Gasteiger partial charge in [0.25, 0.3) is 0 Å². The molecule has 4 saturated carbocycles. The molecule has 4 aliphatic carbocycles. The summed E-state index contributed by atoms with van der Waals surface area (Å²) >= 11 is 0. The van der Waals surface area contributed by atoms with E-state index in [-0.39, 0.29) is 5.41 Å². The molecule has 3 heteroatoms. The van der Waals surface area contributed by atoms with Gasteiger partial charge in [0.1, 0.15) is 11.2 Å². The van der Waals surface area contributed by atoms with Crippen molar-refractivity contribution in [1.82, 2.24) is 4.57 Å². The minimum absolute atomic E-state index is 0.104. The SMILES string of the molecule is c1cc(-c2cccc3c2oc2ccc(-n4c5ccccc5c5ccccc54)cc23)cc(N2c3ccccc3C3(c4ccccc42)C2CC4CC(C2)CC3C4)c1. The van der Waals surface area contributed by atoms with Crippen molar-refractivity contribution in [2.75, 3.05) is 4.90 Å². The van der Waals surface area contributed by atoms with Gasteiger partial charge in [-0.05, 0) is 127 Å². The van der Waals surface area contributed by atoms with E-state index in [4.69, 9.17) is 4.42 Å². The summed E-state index contributed by atoms with van der Waals surface area (Å²) in [5, 5.41) is 4.80. The minimum atomic E-state index is 0.104. The Balaban J connectivity index is 0.957. The van der Waals surface area contributed by atoms with Gasteiger partial charge >= 0.3 is 0 Å². The lowest BCUT2D eigenvalue weighted by molar-refractivity contribution is -0.0419. The summed E-state index contributed by atoms with van der Waals surface area (Å²) in [6.45, 7) is 0. The maximum atomic E-state index is 6.79. The second kappa shape index (κ2) is 11.0. The van der Waals surface area contributed by atoms with E-state index in [0.717, 1.165) is 62.4 Å². The highest BCUT2D eigenvalue weighted by molar-refractivity contribution is 6.12. The van der Waals surface area contributed by atoms with Gasteiger partial charge in [0.15, 0.2) is 0 Å². The van der Waals surface area contributed by atoms with Crippen LogP contribution >= 0.6 is 0 Å². The first-order valence-corrected chi connectivity index (χ1v) is 20.3. The van der Waals surface area contributed by atoms with Gasteiger partial charge in [0, 0.05) is 43.9 Å². The molecule has 0 N–H and O–H groups in total. The monoisotopic (exact) mass is 708 g/mol. The summed E-state index contributed by atoms with van der Waals surface area (Å²) in [7, 11) is 0. The molecular formula is C52H40N2O. The number of fused-ring (bicyclic) bond motifs is 8. The molecule has 7 aromatic carbocycles. The van der Waals surface area contributed by atoms with Crippen LogP contribution < -0.4 is 4.90 Å². The Morgan fingerprint density at radius 1 is 0.473 bits per heavy atom. The summed E-state index contributed by atoms with van der Waals surface area (Å²) in [6, 6.07) is 58.7. The highest BCUT2D eigenvalue weighted by atomic mass is 16.3. The van der Waals surface area contributed by atoms with Crippen molar-refractivity contribution in [1.29, 1.82) is 0 Å². The van der Waals surface area contributed by atoms with Crippen LogP contribution in [0.15, 0.2) is 162 Å². The van der Waals surface area contributed by atoms with Crippen LogP contribution in [0.4, 0.5) is 17.1 Å². The predicted molar refractivity (Wildman–Crippen MR) is 226 cm³/mol.